The molecule has 0 aliphatic carbocycles. The number of hydrogen-bond donors (Lipinski definition) is 2. The minimum Gasteiger partial charge on any atom is -0.490 e. The van der Waals surface area contributed by atoms with Crippen molar-refractivity contribution in [2.75, 3.05) is 13.2 Å². The van der Waals surface area contributed by atoms with Crippen LogP contribution >= 0.6 is 11.6 Å². The smallest absolute Gasteiger partial charge is 0.282 e. The van der Waals surface area contributed by atoms with Crippen molar-refractivity contribution in [2.24, 2.45) is 21.5 Å². The van der Waals surface area contributed by atoms with Gasteiger partial charge in [0.1, 0.15) is 43.5 Å². The molecule has 0 saturated carbocycles. The fraction of sp³-hybridized carbons (Fsp3) is 0.394. The van der Waals surface area contributed by atoms with Gasteiger partial charge >= 0.3 is 0 Å². The van der Waals surface area contributed by atoms with Crippen LogP contribution in [0.15, 0.2) is 82.8 Å². The van der Waals surface area contributed by atoms with E-state index in [1.165, 1.54) is 12.1 Å². The first kappa shape index (κ1) is 32.7. The van der Waals surface area contributed by atoms with E-state index in [1.54, 1.807) is 6.07 Å². The van der Waals surface area contributed by atoms with Gasteiger partial charge in [0, 0.05) is 23.9 Å². The molecule has 11 heteroatoms. The molecular formula is C33H40ClFN4O5. The molecule has 0 saturated heterocycles. The number of halogens is 2. The molecule has 236 valence electrons. The Morgan fingerprint density at radius 1 is 0.818 bits per heavy atom. The van der Waals surface area contributed by atoms with Crippen LogP contribution in [0.25, 0.3) is 0 Å². The zero-order chi connectivity index (χ0) is 31.3. The van der Waals surface area contributed by atoms with Crippen molar-refractivity contribution in [3.63, 3.8) is 0 Å². The molecule has 4 atom stereocenters. The molecule has 0 amide bonds. The number of amidine groups is 2. The second-order valence-corrected chi connectivity index (χ2v) is 10.9. The summed E-state index contributed by atoms with van der Waals surface area (Å²) in [6, 6.07) is 22.7. The summed E-state index contributed by atoms with van der Waals surface area (Å²) in [5, 5.41) is 0.347. The predicted octanol–water partition coefficient (Wildman–Crippen LogP) is 6.27. The topological polar surface area (TPSA) is 123 Å². The van der Waals surface area contributed by atoms with E-state index in [0.717, 1.165) is 36.3 Å². The van der Waals surface area contributed by atoms with Gasteiger partial charge in [0.2, 0.25) is 0 Å². The van der Waals surface area contributed by atoms with Crippen LogP contribution in [0.4, 0.5) is 4.39 Å². The number of nitrogens with two attached hydrogens (primary N) is 2. The summed E-state index contributed by atoms with van der Waals surface area (Å²) in [5.74, 6) is 1.33. The normalized spacial score (nSPS) is 18.5. The van der Waals surface area contributed by atoms with Crippen molar-refractivity contribution in [3.8, 4) is 17.2 Å². The van der Waals surface area contributed by atoms with Gasteiger partial charge in [0.05, 0.1) is 12.1 Å². The Labute approximate surface area is 263 Å². The van der Waals surface area contributed by atoms with Crippen molar-refractivity contribution in [1.29, 1.82) is 0 Å². The fourth-order valence-corrected chi connectivity index (χ4v) is 4.80. The maximum Gasteiger partial charge on any atom is 0.282 e. The van der Waals surface area contributed by atoms with Gasteiger partial charge in [-0.1, -0.05) is 61.8 Å². The monoisotopic (exact) mass is 626 g/mol. The zero-order valence-corrected chi connectivity index (χ0v) is 25.8. The summed E-state index contributed by atoms with van der Waals surface area (Å²) in [4.78, 5) is 8.40. The van der Waals surface area contributed by atoms with E-state index in [0.29, 0.717) is 31.3 Å². The summed E-state index contributed by atoms with van der Waals surface area (Å²) < 4.78 is 41.5. The largest absolute Gasteiger partial charge is 0.490 e. The van der Waals surface area contributed by atoms with Crippen LogP contribution in [-0.2, 0) is 16.1 Å². The third-order valence-electron chi connectivity index (χ3n) is 6.99. The summed E-state index contributed by atoms with van der Waals surface area (Å²) in [5.41, 5.74) is 12.2. The molecule has 0 spiro atoms. The molecular weight excluding hydrogens is 587 g/mol. The first-order valence-electron chi connectivity index (χ1n) is 14.8. The Kier molecular flexibility index (Phi) is 12.4. The van der Waals surface area contributed by atoms with Crippen LogP contribution in [0.5, 0.6) is 17.2 Å². The van der Waals surface area contributed by atoms with E-state index in [4.69, 9.17) is 46.8 Å². The first-order chi connectivity index (χ1) is 21.3. The highest BCUT2D eigenvalue weighted by molar-refractivity contribution is 6.30. The molecule has 44 heavy (non-hydrogen) atoms. The van der Waals surface area contributed by atoms with Gasteiger partial charge in [0.25, 0.3) is 12.0 Å². The molecule has 9 nitrogen and oxygen atoms in total. The second kappa shape index (κ2) is 16.6. The van der Waals surface area contributed by atoms with Gasteiger partial charge in [-0.25, -0.2) is 14.4 Å². The van der Waals surface area contributed by atoms with Crippen LogP contribution in [0.3, 0.4) is 0 Å². The Morgan fingerprint density at radius 3 is 2.00 bits per heavy atom. The molecule has 0 aromatic heterocycles. The quantitative estimate of drug-likeness (QED) is 0.229. The van der Waals surface area contributed by atoms with E-state index in [9.17, 15) is 4.39 Å². The SMILES string of the molecule is CC[C@@H](C[C@H]1COC(N)=N1)Oc1ccc(Cl)cc1F.CC[C@@H](C[C@H]1COC(N)=N1)Oc1cccc(OCc2ccccc2)c1. The number of rotatable bonds is 13. The van der Waals surface area contributed by atoms with Crippen LogP contribution in [-0.4, -0.2) is 49.5 Å². The van der Waals surface area contributed by atoms with Crippen molar-refractivity contribution >= 4 is 23.6 Å². The summed E-state index contributed by atoms with van der Waals surface area (Å²) in [6.07, 6.45) is 2.98. The number of hydrogen-bond acceptors (Lipinski definition) is 9. The molecule has 0 unspecified atom stereocenters. The molecule has 0 bridgehead atoms. The van der Waals surface area contributed by atoms with E-state index < -0.39 is 5.82 Å². The fourth-order valence-electron chi connectivity index (χ4n) is 4.64. The lowest BCUT2D eigenvalue weighted by Gasteiger charge is -2.19. The third kappa shape index (κ3) is 10.5. The number of nitrogens with zero attached hydrogens (tertiary/aromatic N) is 2. The highest BCUT2D eigenvalue weighted by Crippen LogP contribution is 2.26. The van der Waals surface area contributed by atoms with E-state index in [2.05, 4.69) is 16.9 Å². The van der Waals surface area contributed by atoms with Gasteiger partial charge in [0.15, 0.2) is 11.6 Å². The lowest BCUT2D eigenvalue weighted by Crippen LogP contribution is -2.23. The summed E-state index contributed by atoms with van der Waals surface area (Å²) in [7, 11) is 0. The van der Waals surface area contributed by atoms with Gasteiger partial charge in [-0.2, -0.15) is 0 Å². The maximum atomic E-state index is 13.6. The minimum atomic E-state index is -0.461. The molecule has 3 aromatic rings. The lowest BCUT2D eigenvalue weighted by atomic mass is 10.1. The molecule has 5 rings (SSSR count). The van der Waals surface area contributed by atoms with E-state index in [1.807, 2.05) is 61.5 Å². The van der Waals surface area contributed by atoms with Crippen LogP contribution in [0.1, 0.15) is 45.1 Å². The molecule has 2 heterocycles. The van der Waals surface area contributed by atoms with Crippen LogP contribution < -0.4 is 25.7 Å². The Bertz CT molecular complexity index is 1390. The molecule has 3 aromatic carbocycles. The first-order valence-corrected chi connectivity index (χ1v) is 15.2. The van der Waals surface area contributed by atoms with Gasteiger partial charge in [-0.05, 0) is 48.7 Å². The van der Waals surface area contributed by atoms with E-state index >= 15 is 0 Å². The van der Waals surface area contributed by atoms with Gasteiger partial charge in [-0.3, -0.25) is 0 Å². The Hall–Kier alpha value is -4.18. The van der Waals surface area contributed by atoms with Crippen molar-refractivity contribution in [3.05, 3.63) is 89.2 Å². The standard InChI is InChI=1S/C20H24N2O3.C13H16ClFN2O2/c1-2-17(11-16-14-24-20(21)22-16)25-19-10-6-9-18(12-19)23-13-15-7-4-3-5-8-15;1-2-10(6-9-7-18-13(16)17-9)19-12-4-3-8(14)5-11(12)15/h3-10,12,16-17H,2,11,13-14H2,1H3,(H2,21,22);3-5,9-10H,2,6-7H2,1H3,(H2,16,17)/t16-,17-;9-,10-/m00/s1. The number of ether oxygens (including phenoxy) is 5. The molecule has 2 aliphatic rings. The molecule has 0 radical (unpaired) electrons. The highest BCUT2D eigenvalue weighted by Gasteiger charge is 2.23. The molecule has 4 N–H and O–H groups in total. The van der Waals surface area contributed by atoms with E-state index in [-0.39, 0.29) is 42.1 Å². The summed E-state index contributed by atoms with van der Waals surface area (Å²) in [6.45, 7) is 5.60. The lowest BCUT2D eigenvalue weighted by molar-refractivity contribution is 0.162. The predicted molar refractivity (Wildman–Crippen MR) is 170 cm³/mol. The molecule has 0 fully saturated rings. The van der Waals surface area contributed by atoms with Crippen molar-refractivity contribution in [1.82, 2.24) is 0 Å². The Balaban J connectivity index is 0.000000209. The average Bonchev–Trinajstić information content (AvgIpc) is 3.64. The maximum absolute atomic E-state index is 13.6. The second-order valence-electron chi connectivity index (χ2n) is 10.5. The van der Waals surface area contributed by atoms with Crippen LogP contribution in [0, 0.1) is 5.82 Å². The Morgan fingerprint density at radius 2 is 1.43 bits per heavy atom. The zero-order valence-electron chi connectivity index (χ0n) is 25.0. The number of aliphatic imine (C=N–C) groups is 2. The number of benzene rings is 3. The van der Waals surface area contributed by atoms with Crippen LogP contribution in [0.2, 0.25) is 5.02 Å². The molecule has 2 aliphatic heterocycles. The average molecular weight is 627 g/mol. The van der Waals surface area contributed by atoms with Crippen molar-refractivity contribution < 1.29 is 28.1 Å². The van der Waals surface area contributed by atoms with Gasteiger partial charge in [-0.15, -0.1) is 0 Å². The van der Waals surface area contributed by atoms with Crippen molar-refractivity contribution in [2.45, 2.75) is 70.4 Å². The van der Waals surface area contributed by atoms with Gasteiger partial charge < -0.3 is 35.2 Å². The highest BCUT2D eigenvalue weighted by atomic mass is 35.5. The summed E-state index contributed by atoms with van der Waals surface area (Å²) >= 11 is 5.70. The third-order valence-corrected chi connectivity index (χ3v) is 7.23. The minimum absolute atomic E-state index is 0.0275.